The Morgan fingerprint density at radius 2 is 1.60 bits per heavy atom. The summed E-state index contributed by atoms with van der Waals surface area (Å²) in [6.45, 7) is 0.768. The van der Waals surface area contributed by atoms with Gasteiger partial charge < -0.3 is 15.2 Å². The summed E-state index contributed by atoms with van der Waals surface area (Å²) < 4.78 is 4.97. The van der Waals surface area contributed by atoms with Gasteiger partial charge >= 0.3 is 12.0 Å². The number of aliphatic carboxylic acids is 1. The van der Waals surface area contributed by atoms with E-state index < -0.39 is 5.97 Å². The van der Waals surface area contributed by atoms with Crippen LogP contribution in [0.15, 0.2) is 12.2 Å². The number of ether oxygens (including phenoxy) is 1. The summed E-state index contributed by atoms with van der Waals surface area (Å²) in [6.07, 6.45) is 14.1. The van der Waals surface area contributed by atoms with Crippen LogP contribution in [0.25, 0.3) is 0 Å². The van der Waals surface area contributed by atoms with E-state index in [1.807, 2.05) is 0 Å². The first-order chi connectivity index (χ1) is 12.1. The molecule has 0 saturated heterocycles. The molecule has 0 rings (SSSR count). The zero-order valence-electron chi connectivity index (χ0n) is 15.2. The van der Waals surface area contributed by atoms with Gasteiger partial charge in [-0.15, -0.1) is 0 Å². The Morgan fingerprint density at radius 3 is 2.20 bits per heavy atom. The van der Waals surface area contributed by atoms with Gasteiger partial charge in [-0.2, -0.15) is 0 Å². The van der Waals surface area contributed by atoms with Gasteiger partial charge in [0.05, 0.1) is 0 Å². The van der Waals surface area contributed by atoms with Gasteiger partial charge in [-0.25, -0.2) is 9.59 Å². The number of carboxylic acids is 1. The van der Waals surface area contributed by atoms with Crippen LogP contribution in [0.3, 0.4) is 0 Å². The average molecular weight is 356 g/mol. The highest BCUT2D eigenvalue weighted by atomic mass is 16.5. The van der Waals surface area contributed by atoms with Gasteiger partial charge in [0, 0.05) is 20.2 Å². The fourth-order valence-corrected chi connectivity index (χ4v) is 2.28. The van der Waals surface area contributed by atoms with Crippen molar-refractivity contribution in [1.29, 1.82) is 0 Å². The molecule has 0 aliphatic heterocycles. The minimum absolute atomic E-state index is 0.205. The number of imide groups is 1. The molecule has 0 aliphatic rings. The van der Waals surface area contributed by atoms with Crippen LogP contribution in [0.5, 0.6) is 0 Å². The molecule has 0 heterocycles. The first kappa shape index (κ1) is 23.1. The van der Waals surface area contributed by atoms with E-state index in [-0.39, 0.29) is 12.6 Å². The second kappa shape index (κ2) is 17.0. The third-order valence-corrected chi connectivity index (χ3v) is 3.67. The Balaban J connectivity index is 3.34. The maximum atomic E-state index is 11.3. The second-order valence-corrected chi connectivity index (χ2v) is 5.82. The van der Waals surface area contributed by atoms with Crippen molar-refractivity contribution in [2.24, 2.45) is 0 Å². The van der Waals surface area contributed by atoms with Crippen molar-refractivity contribution in [2.75, 3.05) is 26.8 Å². The molecule has 3 amide bonds. The number of amides is 3. The minimum Gasteiger partial charge on any atom is -0.480 e. The molecule has 2 N–H and O–H groups in total. The highest BCUT2D eigenvalue weighted by molar-refractivity contribution is 5.84. The van der Waals surface area contributed by atoms with Crippen LogP contribution in [-0.2, 0) is 14.3 Å². The number of urea groups is 1. The minimum atomic E-state index is -0.917. The van der Waals surface area contributed by atoms with Crippen LogP contribution >= 0.6 is 0 Å². The van der Waals surface area contributed by atoms with Crippen molar-refractivity contribution >= 4 is 18.4 Å². The van der Waals surface area contributed by atoms with E-state index in [4.69, 9.17) is 9.84 Å². The number of nitrogens with one attached hydrogen (secondary N) is 1. The summed E-state index contributed by atoms with van der Waals surface area (Å²) >= 11 is 0. The highest BCUT2D eigenvalue weighted by Crippen LogP contribution is 2.07. The lowest BCUT2D eigenvalue weighted by molar-refractivity contribution is -0.142. The SMILES string of the molecule is CNC(=O)N(C=O)CCCCC=CCCCCCCCOCC(=O)O. The predicted molar refractivity (Wildman–Crippen MR) is 96.4 cm³/mol. The maximum absolute atomic E-state index is 11.3. The van der Waals surface area contributed by atoms with Crippen LogP contribution in [0.1, 0.15) is 57.8 Å². The third kappa shape index (κ3) is 15.4. The lowest BCUT2D eigenvalue weighted by Crippen LogP contribution is -2.37. The van der Waals surface area contributed by atoms with Gasteiger partial charge in [0.25, 0.3) is 0 Å². The van der Waals surface area contributed by atoms with Crippen molar-refractivity contribution in [3.8, 4) is 0 Å². The van der Waals surface area contributed by atoms with Gasteiger partial charge in [0.2, 0.25) is 6.41 Å². The van der Waals surface area contributed by atoms with Crippen LogP contribution in [-0.4, -0.2) is 55.2 Å². The number of unbranched alkanes of at least 4 members (excludes halogenated alkanes) is 7. The van der Waals surface area contributed by atoms with E-state index in [2.05, 4.69) is 17.5 Å². The molecule has 0 aromatic carbocycles. The van der Waals surface area contributed by atoms with E-state index in [0.29, 0.717) is 19.6 Å². The maximum Gasteiger partial charge on any atom is 0.329 e. The van der Waals surface area contributed by atoms with Crippen LogP contribution in [0.4, 0.5) is 4.79 Å². The average Bonchev–Trinajstić information content (AvgIpc) is 2.60. The molecule has 0 atom stereocenters. The summed E-state index contributed by atoms with van der Waals surface area (Å²) in [5.74, 6) is -0.917. The second-order valence-electron chi connectivity index (χ2n) is 5.82. The zero-order valence-corrected chi connectivity index (χ0v) is 15.2. The van der Waals surface area contributed by atoms with E-state index in [9.17, 15) is 14.4 Å². The molecule has 0 aliphatic carbocycles. The molecule has 0 aromatic heterocycles. The Kier molecular flexibility index (Phi) is 15.7. The van der Waals surface area contributed by atoms with Crippen LogP contribution in [0, 0.1) is 0 Å². The van der Waals surface area contributed by atoms with Gasteiger partial charge in [0.1, 0.15) is 6.61 Å². The fourth-order valence-electron chi connectivity index (χ4n) is 2.28. The standard InChI is InChI=1S/C18H32N2O5/c1-19-18(24)20(16-21)13-11-9-7-5-3-2-4-6-8-10-12-14-25-15-17(22)23/h3,5,16H,2,4,6-15H2,1H3,(H,19,24)(H,22,23). The van der Waals surface area contributed by atoms with Gasteiger partial charge in [-0.05, 0) is 38.5 Å². The van der Waals surface area contributed by atoms with Crippen molar-refractivity contribution in [3.63, 3.8) is 0 Å². The molecular weight excluding hydrogens is 324 g/mol. The van der Waals surface area contributed by atoms with Gasteiger partial charge in [-0.1, -0.05) is 31.4 Å². The number of nitrogens with zero attached hydrogens (tertiary/aromatic N) is 1. The molecule has 0 radical (unpaired) electrons. The van der Waals surface area contributed by atoms with Crippen LogP contribution in [0.2, 0.25) is 0 Å². The Labute approximate surface area is 150 Å². The first-order valence-electron chi connectivity index (χ1n) is 9.00. The molecule has 25 heavy (non-hydrogen) atoms. The number of carbonyl (C=O) groups excluding carboxylic acids is 2. The first-order valence-corrected chi connectivity index (χ1v) is 9.00. The molecular formula is C18H32N2O5. The van der Waals surface area contributed by atoms with Crippen molar-refractivity contribution < 1.29 is 24.2 Å². The number of allylic oxidation sites excluding steroid dienone is 2. The van der Waals surface area contributed by atoms with E-state index in [0.717, 1.165) is 56.3 Å². The summed E-state index contributed by atoms with van der Waals surface area (Å²) in [7, 11) is 1.51. The lowest BCUT2D eigenvalue weighted by Gasteiger charge is -2.13. The van der Waals surface area contributed by atoms with E-state index in [1.54, 1.807) is 0 Å². The number of rotatable bonds is 16. The predicted octanol–water partition coefficient (Wildman–Crippen LogP) is 2.95. The topological polar surface area (TPSA) is 95.9 Å². The summed E-state index contributed by atoms with van der Waals surface area (Å²) in [5, 5.41) is 10.8. The van der Waals surface area contributed by atoms with Gasteiger partial charge in [-0.3, -0.25) is 9.69 Å². The number of carboxylic acid groups (broad SMARTS) is 1. The summed E-state index contributed by atoms with van der Waals surface area (Å²) in [6, 6.07) is -0.362. The van der Waals surface area contributed by atoms with Crippen molar-refractivity contribution in [3.05, 3.63) is 12.2 Å². The van der Waals surface area contributed by atoms with E-state index in [1.165, 1.54) is 13.5 Å². The molecule has 144 valence electrons. The summed E-state index contributed by atoms with van der Waals surface area (Å²) in [4.78, 5) is 33.4. The number of carbonyl (C=O) groups is 3. The normalized spacial score (nSPS) is 10.8. The smallest absolute Gasteiger partial charge is 0.329 e. The Bertz CT molecular complexity index is 399. The fraction of sp³-hybridized carbons (Fsp3) is 0.722. The number of hydrogen-bond acceptors (Lipinski definition) is 4. The molecule has 0 bridgehead atoms. The number of hydrogen-bond donors (Lipinski definition) is 2. The molecule has 0 fully saturated rings. The highest BCUT2D eigenvalue weighted by Gasteiger charge is 2.08. The molecule has 7 nitrogen and oxygen atoms in total. The molecule has 0 saturated carbocycles. The van der Waals surface area contributed by atoms with Crippen LogP contribution < -0.4 is 5.32 Å². The molecule has 0 unspecified atom stereocenters. The van der Waals surface area contributed by atoms with Crippen molar-refractivity contribution in [2.45, 2.75) is 57.8 Å². The molecule has 7 heteroatoms. The molecule has 0 aromatic rings. The lowest BCUT2D eigenvalue weighted by atomic mass is 10.1. The van der Waals surface area contributed by atoms with Gasteiger partial charge in [0.15, 0.2) is 0 Å². The zero-order chi connectivity index (χ0) is 18.8. The Morgan fingerprint density at radius 1 is 1.00 bits per heavy atom. The summed E-state index contributed by atoms with van der Waals surface area (Å²) in [5.41, 5.74) is 0. The third-order valence-electron chi connectivity index (χ3n) is 3.67. The molecule has 0 spiro atoms. The van der Waals surface area contributed by atoms with E-state index >= 15 is 0 Å². The van der Waals surface area contributed by atoms with Crippen molar-refractivity contribution in [1.82, 2.24) is 10.2 Å². The largest absolute Gasteiger partial charge is 0.480 e. The monoisotopic (exact) mass is 356 g/mol. The Hall–Kier alpha value is -1.89. The quantitative estimate of drug-likeness (QED) is 0.252.